The van der Waals surface area contributed by atoms with E-state index in [1.54, 1.807) is 6.92 Å². The smallest absolute Gasteiger partial charge is 0.262 e. The van der Waals surface area contributed by atoms with Crippen molar-refractivity contribution in [2.45, 2.75) is 13.8 Å². The maximum Gasteiger partial charge on any atom is 0.315 e. The summed E-state index contributed by atoms with van der Waals surface area (Å²) < 4.78 is 24.1. The number of aryl methyl sites for hydroxylation is 2. The summed E-state index contributed by atoms with van der Waals surface area (Å²) in [6.07, 6.45) is 0.913. The summed E-state index contributed by atoms with van der Waals surface area (Å²) in [5, 5.41) is 10.8. The second kappa shape index (κ2) is 4.05. The molecule has 16 heavy (non-hydrogen) atoms. The Balaban J connectivity index is 3.41. The Morgan fingerprint density at radius 1 is 1.44 bits per heavy atom. The van der Waals surface area contributed by atoms with Crippen LogP contribution < -0.4 is 4.72 Å². The average Bonchev–Trinajstić information content (AvgIpc) is 1.96. The molecule has 7 nitrogen and oxygen atoms in total. The van der Waals surface area contributed by atoms with E-state index in [1.807, 2.05) is 4.72 Å². The lowest BCUT2D eigenvalue weighted by molar-refractivity contribution is -0.384. The highest BCUT2D eigenvalue weighted by Crippen LogP contribution is 2.27. The van der Waals surface area contributed by atoms with Gasteiger partial charge in [-0.05, 0) is 19.9 Å². The SMILES string of the molecule is Cc1cc(C)c([N+](=O)[O-])c(NS(C)(=O)=O)n1. The zero-order chi connectivity index (χ0) is 12.5. The van der Waals surface area contributed by atoms with Gasteiger partial charge in [0, 0.05) is 11.3 Å². The summed E-state index contributed by atoms with van der Waals surface area (Å²) in [7, 11) is -3.58. The predicted molar refractivity (Wildman–Crippen MR) is 58.8 cm³/mol. The number of nitro groups is 1. The molecule has 88 valence electrons. The Hall–Kier alpha value is -1.70. The van der Waals surface area contributed by atoms with Gasteiger partial charge in [-0.3, -0.25) is 14.8 Å². The average molecular weight is 245 g/mol. The van der Waals surface area contributed by atoms with Crippen LogP contribution in [0.5, 0.6) is 0 Å². The lowest BCUT2D eigenvalue weighted by atomic mass is 10.2. The summed E-state index contributed by atoms with van der Waals surface area (Å²) in [5.41, 5.74) is 0.550. The van der Waals surface area contributed by atoms with Gasteiger partial charge in [0.25, 0.3) is 0 Å². The fraction of sp³-hybridized carbons (Fsp3) is 0.375. The summed E-state index contributed by atoms with van der Waals surface area (Å²) in [6, 6.07) is 1.52. The Morgan fingerprint density at radius 3 is 2.44 bits per heavy atom. The topological polar surface area (TPSA) is 102 Å². The van der Waals surface area contributed by atoms with E-state index in [0.29, 0.717) is 11.3 Å². The highest BCUT2D eigenvalue weighted by molar-refractivity contribution is 7.92. The van der Waals surface area contributed by atoms with Crippen molar-refractivity contribution >= 4 is 21.5 Å². The number of sulfonamides is 1. The summed E-state index contributed by atoms with van der Waals surface area (Å²) in [4.78, 5) is 13.9. The van der Waals surface area contributed by atoms with Crippen LogP contribution in [-0.2, 0) is 10.0 Å². The van der Waals surface area contributed by atoms with Gasteiger partial charge in [0.1, 0.15) is 0 Å². The van der Waals surface area contributed by atoms with Crippen molar-refractivity contribution in [3.63, 3.8) is 0 Å². The largest absolute Gasteiger partial charge is 0.315 e. The molecule has 0 aliphatic heterocycles. The number of hydrogen-bond acceptors (Lipinski definition) is 5. The second-order valence-corrected chi connectivity index (χ2v) is 5.16. The number of hydrogen-bond donors (Lipinski definition) is 1. The summed E-state index contributed by atoms with van der Waals surface area (Å²) in [5.74, 6) is -0.245. The number of anilines is 1. The van der Waals surface area contributed by atoms with Crippen LogP contribution in [0.2, 0.25) is 0 Å². The molecule has 0 saturated carbocycles. The van der Waals surface area contributed by atoms with Crippen molar-refractivity contribution < 1.29 is 13.3 Å². The summed E-state index contributed by atoms with van der Waals surface area (Å²) in [6.45, 7) is 3.16. The number of nitrogens with one attached hydrogen (secondary N) is 1. The predicted octanol–water partition coefficient (Wildman–Crippen LogP) is 0.978. The molecule has 1 aromatic rings. The van der Waals surface area contributed by atoms with E-state index in [4.69, 9.17) is 0 Å². The van der Waals surface area contributed by atoms with Crippen molar-refractivity contribution in [3.05, 3.63) is 27.4 Å². The van der Waals surface area contributed by atoms with Crippen molar-refractivity contribution in [1.82, 2.24) is 4.98 Å². The monoisotopic (exact) mass is 245 g/mol. The number of rotatable bonds is 3. The normalized spacial score (nSPS) is 11.2. The second-order valence-electron chi connectivity index (χ2n) is 3.41. The third-order valence-corrected chi connectivity index (χ3v) is 2.34. The van der Waals surface area contributed by atoms with E-state index < -0.39 is 14.9 Å². The molecular weight excluding hydrogens is 234 g/mol. The maximum absolute atomic E-state index is 11.0. The minimum Gasteiger partial charge on any atom is -0.262 e. The van der Waals surface area contributed by atoms with Gasteiger partial charge in [-0.2, -0.15) is 0 Å². The fourth-order valence-electron chi connectivity index (χ4n) is 1.31. The molecule has 0 fully saturated rings. The third-order valence-electron chi connectivity index (χ3n) is 1.78. The van der Waals surface area contributed by atoms with E-state index in [-0.39, 0.29) is 11.5 Å². The van der Waals surface area contributed by atoms with E-state index in [0.717, 1.165) is 6.26 Å². The molecule has 0 unspecified atom stereocenters. The van der Waals surface area contributed by atoms with E-state index in [2.05, 4.69) is 4.98 Å². The molecule has 1 N–H and O–H groups in total. The standard InChI is InChI=1S/C8H11N3O4S/c1-5-4-6(2)9-8(7(5)11(12)13)10-16(3,14)15/h4H,1-3H3,(H,9,10). The molecule has 0 aliphatic carbocycles. The molecule has 0 atom stereocenters. The molecule has 1 rings (SSSR count). The van der Waals surface area contributed by atoms with Gasteiger partial charge >= 0.3 is 5.69 Å². The minimum absolute atomic E-state index is 0.245. The molecule has 0 aliphatic rings. The Labute approximate surface area is 92.7 Å². The molecule has 1 heterocycles. The van der Waals surface area contributed by atoms with Crippen LogP contribution in [0.15, 0.2) is 6.07 Å². The maximum atomic E-state index is 11.0. The van der Waals surface area contributed by atoms with E-state index in [1.165, 1.54) is 13.0 Å². The molecule has 8 heteroatoms. The highest BCUT2D eigenvalue weighted by atomic mass is 32.2. The minimum atomic E-state index is -3.58. The van der Waals surface area contributed by atoms with Crippen molar-refractivity contribution in [2.24, 2.45) is 0 Å². The van der Waals surface area contributed by atoms with Gasteiger partial charge < -0.3 is 0 Å². The zero-order valence-corrected chi connectivity index (χ0v) is 9.83. The lowest BCUT2D eigenvalue weighted by Crippen LogP contribution is -2.13. The summed E-state index contributed by atoms with van der Waals surface area (Å²) >= 11 is 0. The Bertz CT molecular complexity index is 538. The Kier molecular flexibility index (Phi) is 3.13. The van der Waals surface area contributed by atoms with Crippen molar-refractivity contribution in [2.75, 3.05) is 11.0 Å². The van der Waals surface area contributed by atoms with E-state index >= 15 is 0 Å². The number of nitrogens with zero attached hydrogens (tertiary/aromatic N) is 2. The first-order chi connectivity index (χ1) is 7.20. The molecular formula is C8H11N3O4S. The molecule has 0 saturated heterocycles. The number of pyridine rings is 1. The zero-order valence-electron chi connectivity index (χ0n) is 9.01. The van der Waals surface area contributed by atoms with Crippen LogP contribution >= 0.6 is 0 Å². The van der Waals surface area contributed by atoms with Gasteiger partial charge in [-0.15, -0.1) is 0 Å². The third kappa shape index (κ3) is 2.89. The molecule has 0 aromatic carbocycles. The van der Waals surface area contributed by atoms with Crippen molar-refractivity contribution in [3.8, 4) is 0 Å². The van der Waals surface area contributed by atoms with Gasteiger partial charge in [0.05, 0.1) is 11.2 Å². The van der Waals surface area contributed by atoms with Gasteiger partial charge in [-0.1, -0.05) is 0 Å². The van der Waals surface area contributed by atoms with Gasteiger partial charge in [0.2, 0.25) is 15.8 Å². The van der Waals surface area contributed by atoms with Crippen LogP contribution in [0.3, 0.4) is 0 Å². The fourth-order valence-corrected chi connectivity index (χ4v) is 1.80. The van der Waals surface area contributed by atoms with Crippen LogP contribution in [0.1, 0.15) is 11.3 Å². The van der Waals surface area contributed by atoms with Crippen LogP contribution in [0, 0.1) is 24.0 Å². The quantitative estimate of drug-likeness (QED) is 0.631. The molecule has 0 amide bonds. The number of aromatic nitrogens is 1. The first-order valence-corrected chi connectivity index (χ1v) is 6.20. The van der Waals surface area contributed by atoms with Gasteiger partial charge in [-0.25, -0.2) is 13.4 Å². The van der Waals surface area contributed by atoms with Crippen LogP contribution in [0.25, 0.3) is 0 Å². The highest BCUT2D eigenvalue weighted by Gasteiger charge is 2.21. The molecule has 0 radical (unpaired) electrons. The first kappa shape index (κ1) is 12.4. The Morgan fingerprint density at radius 2 is 2.00 bits per heavy atom. The molecule has 0 bridgehead atoms. The van der Waals surface area contributed by atoms with Crippen LogP contribution in [0.4, 0.5) is 11.5 Å². The van der Waals surface area contributed by atoms with Crippen LogP contribution in [-0.4, -0.2) is 24.6 Å². The first-order valence-electron chi connectivity index (χ1n) is 4.31. The lowest BCUT2D eigenvalue weighted by Gasteiger charge is -2.06. The van der Waals surface area contributed by atoms with E-state index in [9.17, 15) is 18.5 Å². The molecule has 1 aromatic heterocycles. The van der Waals surface area contributed by atoms with Crippen molar-refractivity contribution in [1.29, 1.82) is 0 Å². The molecule has 0 spiro atoms. The van der Waals surface area contributed by atoms with Gasteiger partial charge in [0.15, 0.2) is 0 Å².